The summed E-state index contributed by atoms with van der Waals surface area (Å²) in [5.74, 6) is 1.64. The fraction of sp³-hybridized carbons (Fsp3) is 0.360. The molecule has 0 saturated carbocycles. The first-order chi connectivity index (χ1) is 17.2. The Morgan fingerprint density at radius 1 is 1.42 bits per heavy atom. The lowest BCUT2D eigenvalue weighted by Gasteiger charge is -2.35. The van der Waals surface area contributed by atoms with Crippen molar-refractivity contribution < 1.29 is 23.0 Å². The van der Waals surface area contributed by atoms with Crippen LogP contribution < -0.4 is 10.5 Å². The molecule has 2 aromatic rings. The summed E-state index contributed by atoms with van der Waals surface area (Å²) in [6.45, 7) is 3.98. The number of ether oxygens (including phenoxy) is 2. The van der Waals surface area contributed by atoms with Crippen LogP contribution in [0.2, 0.25) is 0 Å². The second-order valence-corrected chi connectivity index (χ2v) is 9.70. The number of halogens is 2. The zero-order valence-electron chi connectivity index (χ0n) is 19.8. The van der Waals surface area contributed by atoms with Crippen LogP contribution in [0.1, 0.15) is 30.7 Å². The zero-order chi connectivity index (χ0) is 25.9. The molecule has 4 rings (SSSR count). The quantitative estimate of drug-likeness (QED) is 0.586. The number of amidine groups is 1. The van der Waals surface area contributed by atoms with E-state index in [9.17, 15) is 9.18 Å². The van der Waals surface area contributed by atoms with Crippen molar-refractivity contribution in [1.29, 1.82) is 0 Å². The van der Waals surface area contributed by atoms with E-state index in [1.807, 2.05) is 0 Å². The fourth-order valence-electron chi connectivity index (χ4n) is 4.23. The summed E-state index contributed by atoms with van der Waals surface area (Å²) < 4.78 is 40.7. The van der Waals surface area contributed by atoms with E-state index in [4.69, 9.17) is 21.6 Å². The van der Waals surface area contributed by atoms with Gasteiger partial charge in [0.1, 0.15) is 17.1 Å². The standard InChI is InChI=1S/C25H25F2N5O3S/c1-4-7-34-22-11-29-21(10-30-22)20(27)9-16-5-6-19(26)18(8-16)25-14-32(24(33)35-15(2)3)12-17(25)13-36-23(28)31-25/h1,5-6,8-11,15,17H,7,12-14H2,2-3H3,(H2,28,31)/b20-9-/t17-,25-/m0/s1. The number of aliphatic imine (C=N–C) groups is 1. The Morgan fingerprint density at radius 3 is 2.92 bits per heavy atom. The van der Waals surface area contributed by atoms with E-state index in [0.717, 1.165) is 0 Å². The van der Waals surface area contributed by atoms with Gasteiger partial charge in [0.25, 0.3) is 0 Å². The van der Waals surface area contributed by atoms with Crippen molar-refractivity contribution in [3.05, 3.63) is 53.2 Å². The largest absolute Gasteiger partial charge is 0.463 e. The normalized spacial score (nSPS) is 21.6. The Balaban J connectivity index is 1.66. The van der Waals surface area contributed by atoms with Crippen LogP contribution in [0.3, 0.4) is 0 Å². The van der Waals surface area contributed by atoms with Crippen molar-refractivity contribution in [1.82, 2.24) is 14.9 Å². The number of rotatable bonds is 6. The minimum Gasteiger partial charge on any atom is -0.463 e. The second-order valence-electron chi connectivity index (χ2n) is 8.66. The molecule has 188 valence electrons. The predicted octanol–water partition coefficient (Wildman–Crippen LogP) is 3.83. The number of carbonyl (C=O) groups is 1. The number of benzene rings is 1. The van der Waals surface area contributed by atoms with Crippen LogP contribution in [0.5, 0.6) is 5.88 Å². The summed E-state index contributed by atoms with van der Waals surface area (Å²) >= 11 is 1.36. The lowest BCUT2D eigenvalue weighted by atomic mass is 9.81. The van der Waals surface area contributed by atoms with Crippen LogP contribution in [0.25, 0.3) is 11.9 Å². The number of fused-ring (bicyclic) bond motifs is 1. The summed E-state index contributed by atoms with van der Waals surface area (Å²) in [6.07, 6.45) is 8.06. The first-order valence-electron chi connectivity index (χ1n) is 11.2. The monoisotopic (exact) mass is 513 g/mol. The van der Waals surface area contributed by atoms with E-state index in [1.54, 1.807) is 13.8 Å². The number of aromatic nitrogens is 2. The van der Waals surface area contributed by atoms with Gasteiger partial charge in [-0.3, -0.25) is 0 Å². The number of hydrogen-bond acceptors (Lipinski definition) is 8. The van der Waals surface area contributed by atoms with Crippen molar-refractivity contribution in [3.8, 4) is 18.2 Å². The van der Waals surface area contributed by atoms with Gasteiger partial charge < -0.3 is 20.1 Å². The number of terminal acetylenes is 1. The highest BCUT2D eigenvalue weighted by Crippen LogP contribution is 2.46. The lowest BCUT2D eigenvalue weighted by Crippen LogP contribution is -2.41. The average Bonchev–Trinajstić information content (AvgIpc) is 3.23. The molecule has 3 heterocycles. The molecule has 0 bridgehead atoms. The van der Waals surface area contributed by atoms with Gasteiger partial charge in [-0.1, -0.05) is 23.7 Å². The minimum absolute atomic E-state index is 0.0194. The number of hydrogen-bond donors (Lipinski definition) is 1. The summed E-state index contributed by atoms with van der Waals surface area (Å²) in [6, 6.07) is 4.24. The summed E-state index contributed by atoms with van der Waals surface area (Å²) in [5.41, 5.74) is 5.55. The van der Waals surface area contributed by atoms with E-state index in [0.29, 0.717) is 23.0 Å². The van der Waals surface area contributed by atoms with E-state index >= 15 is 4.39 Å². The topological polar surface area (TPSA) is 103 Å². The molecule has 2 aliphatic heterocycles. The molecule has 0 unspecified atom stereocenters. The van der Waals surface area contributed by atoms with Crippen molar-refractivity contribution in [2.24, 2.45) is 16.6 Å². The molecule has 36 heavy (non-hydrogen) atoms. The Morgan fingerprint density at radius 2 is 2.22 bits per heavy atom. The molecule has 1 amide bonds. The van der Waals surface area contributed by atoms with Gasteiger partial charge in [-0.15, -0.1) is 6.42 Å². The molecule has 8 nitrogen and oxygen atoms in total. The molecule has 2 N–H and O–H groups in total. The third-order valence-electron chi connectivity index (χ3n) is 5.81. The zero-order valence-corrected chi connectivity index (χ0v) is 20.6. The maximum Gasteiger partial charge on any atom is 0.410 e. The van der Waals surface area contributed by atoms with Crippen LogP contribution in [0.15, 0.2) is 35.6 Å². The van der Waals surface area contributed by atoms with Gasteiger partial charge in [0.05, 0.1) is 25.0 Å². The highest BCUT2D eigenvalue weighted by Gasteiger charge is 2.53. The van der Waals surface area contributed by atoms with Crippen LogP contribution in [-0.4, -0.2) is 57.7 Å². The van der Waals surface area contributed by atoms with Gasteiger partial charge in [0.2, 0.25) is 5.88 Å². The van der Waals surface area contributed by atoms with Crippen LogP contribution in [-0.2, 0) is 10.3 Å². The smallest absolute Gasteiger partial charge is 0.410 e. The van der Waals surface area contributed by atoms with Gasteiger partial charge in [-0.2, -0.15) is 0 Å². The molecule has 1 fully saturated rings. The lowest BCUT2D eigenvalue weighted by molar-refractivity contribution is 0.0816. The van der Waals surface area contributed by atoms with E-state index in [2.05, 4.69) is 20.9 Å². The Labute approximate surface area is 212 Å². The molecule has 1 saturated heterocycles. The van der Waals surface area contributed by atoms with Crippen LogP contribution in [0, 0.1) is 24.1 Å². The minimum atomic E-state index is -1.11. The third kappa shape index (κ3) is 5.28. The molecule has 11 heteroatoms. The number of likely N-dealkylation sites (tertiary alicyclic amines) is 1. The predicted molar refractivity (Wildman–Crippen MR) is 134 cm³/mol. The number of carbonyl (C=O) groups excluding carboxylic acids is 1. The van der Waals surface area contributed by atoms with Crippen molar-refractivity contribution in [2.75, 3.05) is 25.4 Å². The number of thioether (sulfide) groups is 1. The first-order valence-corrected chi connectivity index (χ1v) is 12.2. The highest BCUT2D eigenvalue weighted by molar-refractivity contribution is 8.13. The van der Waals surface area contributed by atoms with Gasteiger partial charge >= 0.3 is 6.09 Å². The number of nitrogens with two attached hydrogens (primary N) is 1. The SMILES string of the molecule is C#CCOc1cnc(/C(F)=C/c2ccc(F)c([C@]34CN(C(=O)OC(C)C)C[C@H]3CSC(N)=N4)c2)cn1. The van der Waals surface area contributed by atoms with Gasteiger partial charge in [-0.25, -0.2) is 28.5 Å². The summed E-state index contributed by atoms with van der Waals surface area (Å²) in [4.78, 5) is 26.8. The number of nitrogens with zero attached hydrogens (tertiary/aromatic N) is 4. The first kappa shape index (κ1) is 25.4. The molecular formula is C25H25F2N5O3S. The van der Waals surface area contributed by atoms with Gasteiger partial charge in [-0.05, 0) is 37.6 Å². The van der Waals surface area contributed by atoms with Crippen molar-refractivity contribution >= 4 is 34.9 Å². The van der Waals surface area contributed by atoms with E-state index in [1.165, 1.54) is 53.3 Å². The van der Waals surface area contributed by atoms with Gasteiger partial charge in [0, 0.05) is 23.8 Å². The van der Waals surface area contributed by atoms with E-state index < -0.39 is 23.3 Å². The molecule has 0 aliphatic carbocycles. The van der Waals surface area contributed by atoms with Crippen molar-refractivity contribution in [2.45, 2.75) is 25.5 Å². The van der Waals surface area contributed by atoms with Crippen molar-refractivity contribution in [3.63, 3.8) is 0 Å². The van der Waals surface area contributed by atoms with Crippen LogP contribution in [0.4, 0.5) is 13.6 Å². The molecule has 1 aromatic heterocycles. The fourth-order valence-corrected chi connectivity index (χ4v) is 5.21. The Bertz CT molecular complexity index is 1250. The molecule has 0 spiro atoms. The molecule has 0 radical (unpaired) electrons. The summed E-state index contributed by atoms with van der Waals surface area (Å²) in [5, 5.41) is 0.305. The Hall–Kier alpha value is -3.65. The maximum atomic E-state index is 15.2. The third-order valence-corrected chi connectivity index (χ3v) is 6.77. The molecular weight excluding hydrogens is 488 g/mol. The average molecular weight is 514 g/mol. The molecule has 1 aromatic carbocycles. The molecule has 2 aliphatic rings. The summed E-state index contributed by atoms with van der Waals surface area (Å²) in [7, 11) is 0. The second kappa shape index (κ2) is 10.5. The molecule has 2 atom stereocenters. The van der Waals surface area contributed by atoms with Crippen LogP contribution >= 0.6 is 11.8 Å². The highest BCUT2D eigenvalue weighted by atomic mass is 32.2. The number of amides is 1. The van der Waals surface area contributed by atoms with E-state index in [-0.39, 0.29) is 42.3 Å². The Kier molecular flexibility index (Phi) is 7.45. The van der Waals surface area contributed by atoms with Gasteiger partial charge in [0.15, 0.2) is 17.6 Å². The maximum absolute atomic E-state index is 15.2.